The molecule has 21 heavy (non-hydrogen) atoms. The van der Waals surface area contributed by atoms with Crippen molar-refractivity contribution in [3.8, 4) is 11.1 Å². The number of nitrogens with one attached hydrogen (secondary N) is 2. The molecule has 1 heterocycles. The van der Waals surface area contributed by atoms with Crippen molar-refractivity contribution in [1.82, 2.24) is 9.97 Å². The highest BCUT2D eigenvalue weighted by Crippen LogP contribution is 2.26. The molecule has 0 aliphatic carbocycles. The number of H-pyrrole nitrogens is 2. The molecule has 0 unspecified atom stereocenters. The third-order valence-corrected chi connectivity index (χ3v) is 3.49. The van der Waals surface area contributed by atoms with Crippen LogP contribution in [0.2, 0.25) is 0 Å². The average molecular weight is 282 g/mol. The van der Waals surface area contributed by atoms with Crippen LogP contribution < -0.4 is 5.69 Å². The predicted molar refractivity (Wildman–Crippen MR) is 80.4 cm³/mol. The fourth-order valence-corrected chi connectivity index (χ4v) is 2.38. The van der Waals surface area contributed by atoms with Crippen LogP contribution >= 0.6 is 0 Å². The Kier molecular flexibility index (Phi) is 3.10. The van der Waals surface area contributed by atoms with Crippen LogP contribution in [0.15, 0.2) is 41.2 Å². The summed E-state index contributed by atoms with van der Waals surface area (Å²) in [5.41, 5.74) is 4.66. The van der Waals surface area contributed by atoms with Crippen molar-refractivity contribution < 1.29 is 9.53 Å². The lowest BCUT2D eigenvalue weighted by molar-refractivity contribution is 0.0601. The van der Waals surface area contributed by atoms with Gasteiger partial charge >= 0.3 is 11.7 Å². The number of methoxy groups -OCH3 is 1. The molecule has 3 aromatic rings. The number of aryl methyl sites for hydroxylation is 1. The zero-order valence-electron chi connectivity index (χ0n) is 11.7. The van der Waals surface area contributed by atoms with Gasteiger partial charge in [-0.3, -0.25) is 0 Å². The van der Waals surface area contributed by atoms with Gasteiger partial charge < -0.3 is 14.7 Å². The Balaban J connectivity index is 2.16. The van der Waals surface area contributed by atoms with E-state index in [2.05, 4.69) is 9.97 Å². The van der Waals surface area contributed by atoms with Crippen molar-refractivity contribution in [1.29, 1.82) is 0 Å². The molecule has 0 aliphatic heterocycles. The maximum absolute atomic E-state index is 11.6. The first-order chi connectivity index (χ1) is 10.1. The van der Waals surface area contributed by atoms with E-state index >= 15 is 0 Å². The van der Waals surface area contributed by atoms with Crippen molar-refractivity contribution in [2.75, 3.05) is 7.11 Å². The van der Waals surface area contributed by atoms with Crippen LogP contribution in [-0.4, -0.2) is 23.0 Å². The molecule has 0 aliphatic rings. The van der Waals surface area contributed by atoms with Gasteiger partial charge in [-0.15, -0.1) is 0 Å². The Morgan fingerprint density at radius 3 is 2.57 bits per heavy atom. The molecule has 0 spiro atoms. The fourth-order valence-electron chi connectivity index (χ4n) is 2.38. The molecule has 2 aromatic carbocycles. The second-order valence-electron chi connectivity index (χ2n) is 4.86. The molecule has 3 rings (SSSR count). The van der Waals surface area contributed by atoms with E-state index in [0.29, 0.717) is 5.56 Å². The summed E-state index contributed by atoms with van der Waals surface area (Å²) in [7, 11) is 1.36. The van der Waals surface area contributed by atoms with E-state index in [1.165, 1.54) is 7.11 Å². The van der Waals surface area contributed by atoms with E-state index in [1.807, 2.05) is 31.2 Å². The van der Waals surface area contributed by atoms with Gasteiger partial charge in [0.1, 0.15) is 0 Å². The fraction of sp³-hybridized carbons (Fsp3) is 0.125. The molecule has 1 aromatic heterocycles. The maximum Gasteiger partial charge on any atom is 0.337 e. The van der Waals surface area contributed by atoms with Crippen molar-refractivity contribution in [2.24, 2.45) is 0 Å². The molecule has 5 heteroatoms. The van der Waals surface area contributed by atoms with E-state index in [4.69, 9.17) is 4.74 Å². The van der Waals surface area contributed by atoms with E-state index < -0.39 is 0 Å². The summed E-state index contributed by atoms with van der Waals surface area (Å²) in [6.45, 7) is 1.97. The number of aromatic amines is 2. The van der Waals surface area contributed by atoms with Crippen LogP contribution in [0.4, 0.5) is 0 Å². The second kappa shape index (κ2) is 4.94. The standard InChI is InChI=1S/C16H14N2O3/c1-9-3-4-11(15(19)21-2)7-12(9)10-5-6-13-14(8-10)18-16(20)17-13/h3-8H,1-2H3,(H2,17,18,20). The monoisotopic (exact) mass is 282 g/mol. The average Bonchev–Trinajstić information content (AvgIpc) is 2.86. The van der Waals surface area contributed by atoms with Gasteiger partial charge in [0.25, 0.3) is 0 Å². The van der Waals surface area contributed by atoms with Gasteiger partial charge in [-0.25, -0.2) is 9.59 Å². The van der Waals surface area contributed by atoms with Crippen LogP contribution in [0, 0.1) is 6.92 Å². The Labute approximate surface area is 120 Å². The number of carbonyl (C=O) groups is 1. The summed E-state index contributed by atoms with van der Waals surface area (Å²) in [4.78, 5) is 28.4. The summed E-state index contributed by atoms with van der Waals surface area (Å²) < 4.78 is 4.75. The van der Waals surface area contributed by atoms with Gasteiger partial charge in [-0.05, 0) is 47.9 Å². The molecule has 0 atom stereocenters. The highest BCUT2D eigenvalue weighted by atomic mass is 16.5. The molecule has 0 saturated heterocycles. The van der Waals surface area contributed by atoms with Crippen LogP contribution in [0.1, 0.15) is 15.9 Å². The van der Waals surface area contributed by atoms with Crippen LogP contribution in [0.3, 0.4) is 0 Å². The Morgan fingerprint density at radius 1 is 1.05 bits per heavy atom. The molecule has 0 radical (unpaired) electrons. The minimum Gasteiger partial charge on any atom is -0.465 e. The highest BCUT2D eigenvalue weighted by Gasteiger charge is 2.10. The van der Waals surface area contributed by atoms with Crippen molar-refractivity contribution >= 4 is 17.0 Å². The van der Waals surface area contributed by atoms with Gasteiger partial charge in [-0.1, -0.05) is 12.1 Å². The summed E-state index contributed by atoms with van der Waals surface area (Å²) in [5, 5.41) is 0. The largest absolute Gasteiger partial charge is 0.465 e. The first-order valence-electron chi connectivity index (χ1n) is 6.50. The van der Waals surface area contributed by atoms with E-state index in [0.717, 1.165) is 27.7 Å². The summed E-state index contributed by atoms with van der Waals surface area (Å²) in [5.74, 6) is -0.368. The lowest BCUT2D eigenvalue weighted by Crippen LogP contribution is -2.01. The minimum atomic E-state index is -0.368. The van der Waals surface area contributed by atoms with E-state index in [1.54, 1.807) is 12.1 Å². The molecular weight excluding hydrogens is 268 g/mol. The zero-order valence-corrected chi connectivity index (χ0v) is 11.7. The lowest BCUT2D eigenvalue weighted by Gasteiger charge is -2.08. The molecule has 0 saturated carbocycles. The van der Waals surface area contributed by atoms with Crippen molar-refractivity contribution in [2.45, 2.75) is 6.92 Å². The first kappa shape index (κ1) is 13.2. The van der Waals surface area contributed by atoms with E-state index in [-0.39, 0.29) is 11.7 Å². The number of esters is 1. The molecule has 5 nitrogen and oxygen atoms in total. The number of carbonyl (C=O) groups excluding carboxylic acids is 1. The number of fused-ring (bicyclic) bond motifs is 1. The van der Waals surface area contributed by atoms with Crippen molar-refractivity contribution in [3.05, 3.63) is 58.0 Å². The molecule has 0 bridgehead atoms. The number of aromatic nitrogens is 2. The number of hydrogen-bond acceptors (Lipinski definition) is 3. The number of imidazole rings is 1. The highest BCUT2D eigenvalue weighted by molar-refractivity contribution is 5.92. The van der Waals surface area contributed by atoms with Gasteiger partial charge in [0.05, 0.1) is 23.7 Å². The zero-order chi connectivity index (χ0) is 15.0. The third-order valence-electron chi connectivity index (χ3n) is 3.49. The first-order valence-corrected chi connectivity index (χ1v) is 6.50. The predicted octanol–water partition coefficient (Wildman–Crippen LogP) is 2.62. The summed E-state index contributed by atoms with van der Waals surface area (Å²) >= 11 is 0. The number of ether oxygens (including phenoxy) is 1. The topological polar surface area (TPSA) is 75.0 Å². The summed E-state index contributed by atoms with van der Waals surface area (Å²) in [6, 6.07) is 11.1. The molecular formula is C16H14N2O3. The van der Waals surface area contributed by atoms with Gasteiger partial charge in [0.2, 0.25) is 0 Å². The van der Waals surface area contributed by atoms with Gasteiger partial charge in [0.15, 0.2) is 0 Å². The van der Waals surface area contributed by atoms with Gasteiger partial charge in [-0.2, -0.15) is 0 Å². The Bertz CT molecular complexity index is 890. The molecule has 0 amide bonds. The number of benzene rings is 2. The smallest absolute Gasteiger partial charge is 0.337 e. The third kappa shape index (κ3) is 2.33. The van der Waals surface area contributed by atoms with Crippen LogP contribution in [0.5, 0.6) is 0 Å². The second-order valence-corrected chi connectivity index (χ2v) is 4.86. The number of rotatable bonds is 2. The Morgan fingerprint density at radius 2 is 1.81 bits per heavy atom. The minimum absolute atomic E-state index is 0.234. The molecule has 2 N–H and O–H groups in total. The molecule has 0 fully saturated rings. The lowest BCUT2D eigenvalue weighted by atomic mass is 9.98. The van der Waals surface area contributed by atoms with E-state index in [9.17, 15) is 9.59 Å². The Hall–Kier alpha value is -2.82. The van der Waals surface area contributed by atoms with Crippen LogP contribution in [-0.2, 0) is 4.74 Å². The van der Waals surface area contributed by atoms with Gasteiger partial charge in [0, 0.05) is 0 Å². The van der Waals surface area contributed by atoms with Crippen LogP contribution in [0.25, 0.3) is 22.2 Å². The SMILES string of the molecule is COC(=O)c1ccc(C)c(-c2ccc3[nH]c(=O)[nH]c3c2)c1. The maximum atomic E-state index is 11.6. The molecule has 106 valence electrons. The normalized spacial score (nSPS) is 10.8. The quantitative estimate of drug-likeness (QED) is 0.709. The van der Waals surface area contributed by atoms with Crippen molar-refractivity contribution in [3.63, 3.8) is 0 Å². The summed E-state index contributed by atoms with van der Waals surface area (Å²) in [6.07, 6.45) is 0. The number of hydrogen-bond donors (Lipinski definition) is 2.